The predicted molar refractivity (Wildman–Crippen MR) is 122 cm³/mol. The summed E-state index contributed by atoms with van der Waals surface area (Å²) in [5.41, 5.74) is 3.63. The second kappa shape index (κ2) is 9.34. The van der Waals surface area contributed by atoms with Crippen molar-refractivity contribution >= 4 is 11.8 Å². The van der Waals surface area contributed by atoms with Crippen LogP contribution in [0.25, 0.3) is 0 Å². The minimum Gasteiger partial charge on any atom is -0.365 e. The van der Waals surface area contributed by atoms with E-state index in [0.717, 1.165) is 12.0 Å². The average Bonchev–Trinajstić information content (AvgIpc) is 3.32. The van der Waals surface area contributed by atoms with E-state index >= 15 is 0 Å². The van der Waals surface area contributed by atoms with Gasteiger partial charge in [0.2, 0.25) is 0 Å². The lowest BCUT2D eigenvalue weighted by Crippen LogP contribution is -2.50. The summed E-state index contributed by atoms with van der Waals surface area (Å²) in [4.78, 5) is 29.5. The first-order valence-electron chi connectivity index (χ1n) is 11.5. The highest BCUT2D eigenvalue weighted by Gasteiger charge is 2.32. The number of hydrogen-bond donors (Lipinski definition) is 0. The van der Waals surface area contributed by atoms with Crippen molar-refractivity contribution in [3.05, 3.63) is 82.4 Å². The van der Waals surface area contributed by atoms with Gasteiger partial charge in [-0.1, -0.05) is 36.4 Å². The third-order valence-electron chi connectivity index (χ3n) is 6.51. The SMILES string of the molecule is CCc1ccc(C(=O)N2CCN(C(=O)c3nnn4c3CO[C@H](c3ccc(F)cc3)C4)CC2)cc1. The van der Waals surface area contributed by atoms with Gasteiger partial charge in [-0.25, -0.2) is 9.07 Å². The van der Waals surface area contributed by atoms with Gasteiger partial charge in [-0.3, -0.25) is 9.59 Å². The molecule has 176 valence electrons. The van der Waals surface area contributed by atoms with Crippen molar-refractivity contribution in [3.8, 4) is 0 Å². The standard InChI is InChI=1S/C25H26FN5O3/c1-2-17-3-5-19(6-4-17)24(32)29-11-13-30(14-12-29)25(33)23-21-16-34-22(15-31(21)28-27-23)18-7-9-20(26)10-8-18/h3-10,22H,2,11-16H2,1H3/t22-/m0/s1. The highest BCUT2D eigenvalue weighted by Crippen LogP contribution is 2.27. The number of carbonyl (C=O) groups is 2. The molecule has 0 bridgehead atoms. The zero-order valence-corrected chi connectivity index (χ0v) is 19.0. The highest BCUT2D eigenvalue weighted by molar-refractivity contribution is 5.95. The molecule has 0 N–H and O–H groups in total. The van der Waals surface area contributed by atoms with Crippen molar-refractivity contribution in [1.82, 2.24) is 24.8 Å². The van der Waals surface area contributed by atoms with E-state index in [0.29, 0.717) is 44.0 Å². The molecule has 2 aromatic carbocycles. The summed E-state index contributed by atoms with van der Waals surface area (Å²) in [5.74, 6) is -0.523. The Kier molecular flexibility index (Phi) is 6.10. The van der Waals surface area contributed by atoms with Gasteiger partial charge in [0.15, 0.2) is 5.69 Å². The van der Waals surface area contributed by atoms with Gasteiger partial charge in [0, 0.05) is 31.7 Å². The number of fused-ring (bicyclic) bond motifs is 1. The van der Waals surface area contributed by atoms with Crippen LogP contribution in [0.2, 0.25) is 0 Å². The third-order valence-corrected chi connectivity index (χ3v) is 6.51. The van der Waals surface area contributed by atoms with Crippen LogP contribution in [0.1, 0.15) is 50.7 Å². The number of halogens is 1. The maximum absolute atomic E-state index is 13.2. The maximum Gasteiger partial charge on any atom is 0.276 e. The zero-order chi connectivity index (χ0) is 23.7. The molecule has 0 radical (unpaired) electrons. The van der Waals surface area contributed by atoms with Crippen LogP contribution in [0.15, 0.2) is 48.5 Å². The van der Waals surface area contributed by atoms with Crippen LogP contribution in [0, 0.1) is 5.82 Å². The number of nitrogens with zero attached hydrogens (tertiary/aromatic N) is 5. The summed E-state index contributed by atoms with van der Waals surface area (Å²) in [7, 11) is 0. The van der Waals surface area contributed by atoms with E-state index in [1.165, 1.54) is 17.7 Å². The predicted octanol–water partition coefficient (Wildman–Crippen LogP) is 2.85. The second-order valence-electron chi connectivity index (χ2n) is 8.55. The summed E-state index contributed by atoms with van der Waals surface area (Å²) in [5, 5.41) is 8.30. The number of benzene rings is 2. The molecule has 34 heavy (non-hydrogen) atoms. The van der Waals surface area contributed by atoms with Gasteiger partial charge in [0.25, 0.3) is 11.8 Å². The summed E-state index contributed by atoms with van der Waals surface area (Å²) in [6.07, 6.45) is 0.651. The quantitative estimate of drug-likeness (QED) is 0.595. The Morgan fingerprint density at radius 3 is 2.26 bits per heavy atom. The molecular formula is C25H26FN5O3. The Hall–Kier alpha value is -3.59. The molecular weight excluding hydrogens is 437 g/mol. The molecule has 0 spiro atoms. The zero-order valence-electron chi connectivity index (χ0n) is 19.0. The molecule has 0 unspecified atom stereocenters. The van der Waals surface area contributed by atoms with Gasteiger partial charge in [-0.2, -0.15) is 0 Å². The van der Waals surface area contributed by atoms with Crippen molar-refractivity contribution in [1.29, 1.82) is 0 Å². The molecule has 1 aromatic heterocycles. The van der Waals surface area contributed by atoms with Gasteiger partial charge in [-0.05, 0) is 41.8 Å². The normalized spacial score (nSPS) is 18.0. The second-order valence-corrected chi connectivity index (χ2v) is 8.55. The Labute approximate surface area is 196 Å². The Morgan fingerprint density at radius 1 is 0.971 bits per heavy atom. The number of amides is 2. The van der Waals surface area contributed by atoms with Crippen LogP contribution >= 0.6 is 0 Å². The van der Waals surface area contributed by atoms with Gasteiger partial charge < -0.3 is 14.5 Å². The molecule has 2 aliphatic rings. The van der Waals surface area contributed by atoms with E-state index in [1.807, 2.05) is 24.3 Å². The minimum atomic E-state index is -0.301. The van der Waals surface area contributed by atoms with Crippen LogP contribution in [-0.4, -0.2) is 62.8 Å². The molecule has 3 heterocycles. The minimum absolute atomic E-state index is 0.0176. The molecule has 9 heteroatoms. The summed E-state index contributed by atoms with van der Waals surface area (Å²) >= 11 is 0. The largest absolute Gasteiger partial charge is 0.365 e. The lowest BCUT2D eigenvalue weighted by molar-refractivity contribution is -0.00206. The summed E-state index contributed by atoms with van der Waals surface area (Å²) in [6, 6.07) is 13.8. The third kappa shape index (κ3) is 4.31. The van der Waals surface area contributed by atoms with Gasteiger partial charge in [0.05, 0.1) is 18.8 Å². The van der Waals surface area contributed by atoms with Crippen LogP contribution in [0.5, 0.6) is 0 Å². The number of aromatic nitrogens is 3. The molecule has 8 nitrogen and oxygen atoms in total. The van der Waals surface area contributed by atoms with Crippen molar-refractivity contribution in [2.45, 2.75) is 32.6 Å². The summed E-state index contributed by atoms with van der Waals surface area (Å²) < 4.78 is 20.8. The molecule has 0 saturated carbocycles. The molecule has 1 atom stereocenters. The van der Waals surface area contributed by atoms with Crippen LogP contribution in [0.3, 0.4) is 0 Å². The smallest absolute Gasteiger partial charge is 0.276 e. The van der Waals surface area contributed by atoms with E-state index in [2.05, 4.69) is 17.2 Å². The number of piperazine rings is 1. The summed E-state index contributed by atoms with van der Waals surface area (Å²) in [6.45, 7) is 4.48. The van der Waals surface area contributed by atoms with Gasteiger partial charge in [-0.15, -0.1) is 5.10 Å². The lowest BCUT2D eigenvalue weighted by Gasteiger charge is -2.34. The molecule has 0 aliphatic carbocycles. The van der Waals surface area contributed by atoms with Gasteiger partial charge >= 0.3 is 0 Å². The van der Waals surface area contributed by atoms with Crippen LogP contribution in [0.4, 0.5) is 4.39 Å². The number of ether oxygens (including phenoxy) is 1. The molecule has 2 aliphatic heterocycles. The van der Waals surface area contributed by atoms with Crippen molar-refractivity contribution in [3.63, 3.8) is 0 Å². The van der Waals surface area contributed by atoms with Crippen molar-refractivity contribution in [2.75, 3.05) is 26.2 Å². The van der Waals surface area contributed by atoms with Crippen molar-refractivity contribution < 1.29 is 18.7 Å². The molecule has 1 saturated heterocycles. The number of rotatable bonds is 4. The first-order chi connectivity index (χ1) is 16.5. The number of aryl methyl sites for hydroxylation is 1. The first kappa shape index (κ1) is 22.2. The first-order valence-corrected chi connectivity index (χ1v) is 11.5. The van der Waals surface area contributed by atoms with E-state index in [-0.39, 0.29) is 36.0 Å². The van der Waals surface area contributed by atoms with Crippen LogP contribution in [-0.2, 0) is 24.3 Å². The topological polar surface area (TPSA) is 80.6 Å². The van der Waals surface area contributed by atoms with E-state index in [4.69, 9.17) is 4.74 Å². The monoisotopic (exact) mass is 463 g/mol. The van der Waals surface area contributed by atoms with E-state index in [9.17, 15) is 14.0 Å². The lowest BCUT2D eigenvalue weighted by atomic mass is 10.1. The average molecular weight is 464 g/mol. The fourth-order valence-corrected chi connectivity index (χ4v) is 4.38. The fraction of sp³-hybridized carbons (Fsp3) is 0.360. The Bertz CT molecular complexity index is 1180. The molecule has 3 aromatic rings. The molecule has 2 amide bonds. The number of hydrogen-bond acceptors (Lipinski definition) is 5. The van der Waals surface area contributed by atoms with Gasteiger partial charge in [0.1, 0.15) is 11.9 Å². The van der Waals surface area contributed by atoms with E-state index < -0.39 is 0 Å². The maximum atomic E-state index is 13.2. The van der Waals surface area contributed by atoms with E-state index in [1.54, 1.807) is 26.6 Å². The highest BCUT2D eigenvalue weighted by atomic mass is 19.1. The van der Waals surface area contributed by atoms with Crippen LogP contribution < -0.4 is 0 Å². The van der Waals surface area contributed by atoms with Crippen molar-refractivity contribution in [2.24, 2.45) is 0 Å². The Balaban J connectivity index is 1.21. The fourth-order valence-electron chi connectivity index (χ4n) is 4.38. The number of carbonyl (C=O) groups excluding carboxylic acids is 2. The molecule has 1 fully saturated rings. The molecule has 5 rings (SSSR count). The Morgan fingerprint density at radius 2 is 1.62 bits per heavy atom.